The van der Waals surface area contributed by atoms with Gasteiger partial charge in [-0.3, -0.25) is 0 Å². The summed E-state index contributed by atoms with van der Waals surface area (Å²) >= 11 is 0. The highest BCUT2D eigenvalue weighted by Gasteiger charge is 2.15. The minimum Gasteiger partial charge on any atom is -0.474 e. The summed E-state index contributed by atoms with van der Waals surface area (Å²) in [7, 11) is 1.37. The summed E-state index contributed by atoms with van der Waals surface area (Å²) in [5.41, 5.74) is 3.18. The van der Waals surface area contributed by atoms with Crippen LogP contribution < -0.4 is 0 Å². The predicted molar refractivity (Wildman–Crippen MR) is 106 cm³/mol. The first-order valence-corrected chi connectivity index (χ1v) is 8.77. The van der Waals surface area contributed by atoms with Gasteiger partial charge in [0.2, 0.25) is 5.90 Å². The van der Waals surface area contributed by atoms with Gasteiger partial charge in [-0.05, 0) is 30.5 Å². The second kappa shape index (κ2) is 10.2. The number of benzene rings is 2. The number of allylic oxidation sites excluding steroid dienone is 1. The molecule has 0 amide bonds. The molecule has 5 heteroatoms. The van der Waals surface area contributed by atoms with E-state index < -0.39 is 0 Å². The normalized spacial score (nSPS) is 13.0. The average Bonchev–Trinajstić information content (AvgIpc) is 2.72. The van der Waals surface area contributed by atoms with Crippen LogP contribution in [0.2, 0.25) is 0 Å². The standard InChI is InChI=1S/C22H25NO4/c1-5-20(22(24)25-4)21-14-10-9-13-19(21)15-26-17(3)23-27-16(2)18-11-7-6-8-12-18/h5-14,16H,15H2,1-4H3/b20-5+,23-17+. The number of hydrogen-bond acceptors (Lipinski definition) is 5. The molecule has 0 aliphatic rings. The lowest BCUT2D eigenvalue weighted by Gasteiger charge is -2.13. The van der Waals surface area contributed by atoms with E-state index >= 15 is 0 Å². The summed E-state index contributed by atoms with van der Waals surface area (Å²) in [6.07, 6.45) is 1.56. The minimum absolute atomic E-state index is 0.175. The number of nitrogens with zero attached hydrogens (tertiary/aromatic N) is 1. The van der Waals surface area contributed by atoms with Gasteiger partial charge in [0.25, 0.3) is 0 Å². The lowest BCUT2D eigenvalue weighted by molar-refractivity contribution is -0.133. The van der Waals surface area contributed by atoms with Gasteiger partial charge in [0.05, 0.1) is 12.7 Å². The highest BCUT2D eigenvalue weighted by molar-refractivity contribution is 6.16. The summed E-state index contributed by atoms with van der Waals surface area (Å²) in [6, 6.07) is 17.4. The van der Waals surface area contributed by atoms with Crippen molar-refractivity contribution in [1.29, 1.82) is 0 Å². The summed E-state index contributed by atoms with van der Waals surface area (Å²) in [5, 5.41) is 4.05. The predicted octanol–water partition coefficient (Wildman–Crippen LogP) is 4.89. The molecule has 5 nitrogen and oxygen atoms in total. The SMILES string of the molecule is C/C=C(/C(=O)OC)c1ccccc1CO/C(C)=N/OC(C)c1ccccc1. The Balaban J connectivity index is 2.03. The number of esters is 1. The van der Waals surface area contributed by atoms with Crippen molar-refractivity contribution in [3.05, 3.63) is 77.4 Å². The van der Waals surface area contributed by atoms with Crippen molar-refractivity contribution in [2.45, 2.75) is 33.5 Å². The molecule has 1 unspecified atom stereocenters. The third-order valence-corrected chi connectivity index (χ3v) is 4.05. The molecule has 142 valence electrons. The Hall–Kier alpha value is -3.08. The quantitative estimate of drug-likeness (QED) is 0.230. The van der Waals surface area contributed by atoms with Crippen LogP contribution in [0.1, 0.15) is 43.6 Å². The van der Waals surface area contributed by atoms with Gasteiger partial charge in [0, 0.05) is 6.92 Å². The monoisotopic (exact) mass is 367 g/mol. The molecule has 2 aromatic carbocycles. The molecule has 0 heterocycles. The summed E-state index contributed by atoms with van der Waals surface area (Å²) in [5.74, 6) is 0.0306. The molecular formula is C22H25NO4. The Morgan fingerprint density at radius 3 is 2.44 bits per heavy atom. The molecule has 0 aliphatic heterocycles. The maximum atomic E-state index is 12.0. The van der Waals surface area contributed by atoms with Crippen LogP contribution in [0.25, 0.3) is 5.57 Å². The average molecular weight is 367 g/mol. The lowest BCUT2D eigenvalue weighted by atomic mass is 10.00. The largest absolute Gasteiger partial charge is 0.474 e. The highest BCUT2D eigenvalue weighted by Crippen LogP contribution is 2.22. The second-order valence-electron chi connectivity index (χ2n) is 5.91. The molecule has 0 bridgehead atoms. The molecule has 1 atom stereocenters. The fourth-order valence-electron chi connectivity index (χ4n) is 2.55. The van der Waals surface area contributed by atoms with Crippen LogP contribution in [0.3, 0.4) is 0 Å². The molecule has 0 fully saturated rings. The molecule has 0 radical (unpaired) electrons. The molecule has 0 aliphatic carbocycles. The van der Waals surface area contributed by atoms with E-state index in [1.54, 1.807) is 19.9 Å². The zero-order chi connectivity index (χ0) is 19.6. The Labute approximate surface area is 160 Å². The third kappa shape index (κ3) is 5.71. The van der Waals surface area contributed by atoms with E-state index in [0.29, 0.717) is 11.5 Å². The molecular weight excluding hydrogens is 342 g/mol. The smallest absolute Gasteiger partial charge is 0.338 e. The molecule has 0 spiro atoms. The lowest BCUT2D eigenvalue weighted by Crippen LogP contribution is -2.08. The maximum absolute atomic E-state index is 12.0. The number of carbonyl (C=O) groups excluding carboxylic acids is 1. The van der Waals surface area contributed by atoms with Crippen LogP contribution >= 0.6 is 0 Å². The minimum atomic E-state index is -0.379. The topological polar surface area (TPSA) is 57.1 Å². The van der Waals surface area contributed by atoms with Gasteiger partial charge in [-0.15, -0.1) is 0 Å². The number of ether oxygens (including phenoxy) is 2. The molecule has 0 saturated heterocycles. The van der Waals surface area contributed by atoms with Crippen LogP contribution in [0, 0.1) is 0 Å². The number of oxime groups is 1. The molecule has 2 aromatic rings. The molecule has 0 saturated carbocycles. The van der Waals surface area contributed by atoms with E-state index in [4.69, 9.17) is 14.3 Å². The first-order chi connectivity index (χ1) is 13.1. The van der Waals surface area contributed by atoms with Crippen molar-refractivity contribution in [1.82, 2.24) is 0 Å². The van der Waals surface area contributed by atoms with E-state index in [2.05, 4.69) is 5.16 Å². The Morgan fingerprint density at radius 1 is 1.11 bits per heavy atom. The van der Waals surface area contributed by atoms with Gasteiger partial charge < -0.3 is 14.3 Å². The van der Waals surface area contributed by atoms with Crippen LogP contribution in [-0.2, 0) is 25.7 Å². The molecule has 0 N–H and O–H groups in total. The zero-order valence-electron chi connectivity index (χ0n) is 16.1. The fourth-order valence-corrected chi connectivity index (χ4v) is 2.55. The number of carbonyl (C=O) groups is 1. The van der Waals surface area contributed by atoms with Gasteiger partial charge in [-0.25, -0.2) is 4.79 Å². The summed E-state index contributed by atoms with van der Waals surface area (Å²) < 4.78 is 10.6. The van der Waals surface area contributed by atoms with E-state index in [0.717, 1.165) is 16.7 Å². The van der Waals surface area contributed by atoms with Gasteiger partial charge in [0.15, 0.2) is 0 Å². The van der Waals surface area contributed by atoms with Crippen molar-refractivity contribution in [3.8, 4) is 0 Å². The van der Waals surface area contributed by atoms with Crippen molar-refractivity contribution in [2.24, 2.45) is 5.16 Å². The maximum Gasteiger partial charge on any atom is 0.338 e. The van der Waals surface area contributed by atoms with Crippen LogP contribution in [0.4, 0.5) is 0 Å². The second-order valence-corrected chi connectivity index (χ2v) is 5.91. The van der Waals surface area contributed by atoms with Gasteiger partial charge in [-0.2, -0.15) is 0 Å². The van der Waals surface area contributed by atoms with E-state index in [9.17, 15) is 4.79 Å². The highest BCUT2D eigenvalue weighted by atomic mass is 16.7. The molecule has 27 heavy (non-hydrogen) atoms. The van der Waals surface area contributed by atoms with Crippen LogP contribution in [0.15, 0.2) is 65.8 Å². The summed E-state index contributed by atoms with van der Waals surface area (Å²) in [6.45, 7) is 5.73. The van der Waals surface area contributed by atoms with Gasteiger partial charge in [0.1, 0.15) is 12.7 Å². The van der Waals surface area contributed by atoms with Crippen molar-refractivity contribution in [3.63, 3.8) is 0 Å². The van der Waals surface area contributed by atoms with E-state index in [-0.39, 0.29) is 18.7 Å². The molecule has 0 aromatic heterocycles. The van der Waals surface area contributed by atoms with E-state index in [1.807, 2.05) is 61.5 Å². The Bertz CT molecular complexity index is 812. The number of hydrogen-bond donors (Lipinski definition) is 0. The van der Waals surface area contributed by atoms with Crippen molar-refractivity contribution >= 4 is 17.4 Å². The summed E-state index contributed by atoms with van der Waals surface area (Å²) in [4.78, 5) is 17.5. The van der Waals surface area contributed by atoms with E-state index in [1.165, 1.54) is 7.11 Å². The number of rotatable bonds is 7. The third-order valence-electron chi connectivity index (χ3n) is 4.05. The van der Waals surface area contributed by atoms with Crippen LogP contribution in [-0.4, -0.2) is 19.0 Å². The zero-order valence-corrected chi connectivity index (χ0v) is 16.1. The molecule has 2 rings (SSSR count). The van der Waals surface area contributed by atoms with Crippen LogP contribution in [0.5, 0.6) is 0 Å². The van der Waals surface area contributed by atoms with Gasteiger partial charge >= 0.3 is 5.97 Å². The number of methoxy groups -OCH3 is 1. The van der Waals surface area contributed by atoms with Crippen molar-refractivity contribution < 1.29 is 19.1 Å². The first-order valence-electron chi connectivity index (χ1n) is 8.77. The first kappa shape index (κ1) is 20.2. The Kier molecular flexibility index (Phi) is 7.62. The van der Waals surface area contributed by atoms with Crippen molar-refractivity contribution in [2.75, 3.05) is 7.11 Å². The fraction of sp³-hybridized carbons (Fsp3) is 0.273. The Morgan fingerprint density at radius 2 is 1.78 bits per heavy atom. The van der Waals surface area contributed by atoms with Gasteiger partial charge in [-0.1, -0.05) is 65.8 Å².